The predicted octanol–water partition coefficient (Wildman–Crippen LogP) is 3.63. The van der Waals surface area contributed by atoms with Crippen LogP contribution >= 0.6 is 0 Å². The van der Waals surface area contributed by atoms with Crippen LogP contribution in [0.25, 0.3) is 21.8 Å². The summed E-state index contributed by atoms with van der Waals surface area (Å²) < 4.78 is 1.57. The molecule has 3 aromatic rings. The minimum absolute atomic E-state index is 0.0575. The van der Waals surface area contributed by atoms with E-state index in [2.05, 4.69) is 31.4 Å². The van der Waals surface area contributed by atoms with Crippen LogP contribution in [0.1, 0.15) is 50.5 Å². The average molecular weight is 409 g/mol. The zero-order valence-corrected chi connectivity index (χ0v) is 18.7. The van der Waals surface area contributed by atoms with Crippen molar-refractivity contribution in [1.29, 1.82) is 0 Å². The van der Waals surface area contributed by atoms with Crippen LogP contribution in [-0.4, -0.2) is 34.1 Å². The molecule has 1 aromatic carbocycles. The summed E-state index contributed by atoms with van der Waals surface area (Å²) >= 11 is 0. The van der Waals surface area contributed by atoms with E-state index >= 15 is 0 Å². The van der Waals surface area contributed by atoms with Crippen molar-refractivity contribution in [2.24, 2.45) is 5.92 Å². The molecule has 0 aliphatic carbocycles. The van der Waals surface area contributed by atoms with Crippen LogP contribution in [0, 0.1) is 12.8 Å². The van der Waals surface area contributed by atoms with Gasteiger partial charge in [0.15, 0.2) is 0 Å². The van der Waals surface area contributed by atoms with Crippen LogP contribution in [0.5, 0.6) is 0 Å². The second-order valence-corrected chi connectivity index (χ2v) is 8.48. The molecule has 2 unspecified atom stereocenters. The Morgan fingerprint density at radius 2 is 1.90 bits per heavy atom. The lowest BCUT2D eigenvalue weighted by Crippen LogP contribution is -2.44. The van der Waals surface area contributed by atoms with E-state index in [0.717, 1.165) is 16.5 Å². The summed E-state index contributed by atoms with van der Waals surface area (Å²) in [5.74, 6) is 0.305. The van der Waals surface area contributed by atoms with E-state index < -0.39 is 0 Å². The number of aryl methyl sites for hydroxylation is 2. The standard InChI is InChI=1S/C24H32N4O2/c1-7-28-13-20(23(29)26-16(5)12-25-17(6)14(2)3)22-19(24(28)30)11-18-10-8-9-15(4)21(18)27-22/h8-11,13-14,16-17,25H,7,12H2,1-6H3,(H,26,29). The summed E-state index contributed by atoms with van der Waals surface area (Å²) in [7, 11) is 0. The van der Waals surface area contributed by atoms with Crippen LogP contribution in [0.15, 0.2) is 35.3 Å². The van der Waals surface area contributed by atoms with Crippen molar-refractivity contribution in [3.63, 3.8) is 0 Å². The summed E-state index contributed by atoms with van der Waals surface area (Å²) in [5.41, 5.74) is 2.59. The van der Waals surface area contributed by atoms with Gasteiger partial charge in [-0.1, -0.05) is 32.0 Å². The molecular formula is C24H32N4O2. The lowest BCUT2D eigenvalue weighted by Gasteiger charge is -2.21. The van der Waals surface area contributed by atoms with E-state index in [1.165, 1.54) is 0 Å². The number of nitrogens with one attached hydrogen (secondary N) is 2. The highest BCUT2D eigenvalue weighted by atomic mass is 16.2. The summed E-state index contributed by atoms with van der Waals surface area (Å²) in [6.45, 7) is 13.5. The van der Waals surface area contributed by atoms with E-state index in [9.17, 15) is 9.59 Å². The number of benzene rings is 1. The largest absolute Gasteiger partial charge is 0.348 e. The Morgan fingerprint density at radius 1 is 1.17 bits per heavy atom. The molecule has 1 amide bonds. The van der Waals surface area contributed by atoms with Crippen molar-refractivity contribution in [2.75, 3.05) is 6.54 Å². The highest BCUT2D eigenvalue weighted by Crippen LogP contribution is 2.22. The smallest absolute Gasteiger partial charge is 0.260 e. The van der Waals surface area contributed by atoms with Gasteiger partial charge >= 0.3 is 0 Å². The third-order valence-corrected chi connectivity index (χ3v) is 5.79. The highest BCUT2D eigenvalue weighted by molar-refractivity contribution is 6.07. The fourth-order valence-electron chi connectivity index (χ4n) is 3.50. The van der Waals surface area contributed by atoms with Gasteiger partial charge < -0.3 is 15.2 Å². The number of fused-ring (bicyclic) bond motifs is 2. The number of hydrogen-bond acceptors (Lipinski definition) is 4. The van der Waals surface area contributed by atoms with E-state index in [1.54, 1.807) is 10.8 Å². The second kappa shape index (κ2) is 8.96. The van der Waals surface area contributed by atoms with Gasteiger partial charge in [-0.15, -0.1) is 0 Å². The number of carbonyl (C=O) groups excluding carboxylic acids is 1. The topological polar surface area (TPSA) is 76.0 Å². The molecule has 2 heterocycles. The van der Waals surface area contributed by atoms with Crippen molar-refractivity contribution in [3.05, 3.63) is 51.9 Å². The molecule has 0 aliphatic heterocycles. The molecule has 2 atom stereocenters. The quantitative estimate of drug-likeness (QED) is 0.586. The number of hydrogen-bond donors (Lipinski definition) is 2. The Hall–Kier alpha value is -2.73. The van der Waals surface area contributed by atoms with Crippen LogP contribution in [-0.2, 0) is 6.54 Å². The van der Waals surface area contributed by atoms with Crippen molar-refractivity contribution < 1.29 is 4.79 Å². The Kier molecular flexibility index (Phi) is 6.56. The average Bonchev–Trinajstić information content (AvgIpc) is 2.71. The molecular weight excluding hydrogens is 376 g/mol. The first-order chi connectivity index (χ1) is 14.2. The zero-order chi connectivity index (χ0) is 22.0. The predicted molar refractivity (Wildman–Crippen MR) is 123 cm³/mol. The minimum Gasteiger partial charge on any atom is -0.348 e. The minimum atomic E-state index is -0.214. The van der Waals surface area contributed by atoms with Gasteiger partial charge in [-0.2, -0.15) is 0 Å². The molecule has 2 N–H and O–H groups in total. The molecule has 0 saturated carbocycles. The molecule has 3 rings (SSSR count). The second-order valence-electron chi connectivity index (χ2n) is 8.48. The Labute approximate surface area is 177 Å². The Morgan fingerprint density at radius 3 is 2.57 bits per heavy atom. The monoisotopic (exact) mass is 408 g/mol. The molecule has 0 aliphatic rings. The van der Waals surface area contributed by atoms with Gasteiger partial charge in [0.2, 0.25) is 0 Å². The fourth-order valence-corrected chi connectivity index (χ4v) is 3.50. The van der Waals surface area contributed by atoms with Crippen LogP contribution in [0.2, 0.25) is 0 Å². The number of para-hydroxylation sites is 1. The number of carbonyl (C=O) groups is 1. The fraction of sp³-hybridized carbons (Fsp3) is 0.458. The first-order valence-electron chi connectivity index (χ1n) is 10.7. The first-order valence-corrected chi connectivity index (χ1v) is 10.7. The van der Waals surface area contributed by atoms with Gasteiger partial charge in [-0.05, 0) is 45.2 Å². The van der Waals surface area contributed by atoms with E-state index in [-0.39, 0.29) is 17.5 Å². The van der Waals surface area contributed by atoms with Crippen LogP contribution < -0.4 is 16.2 Å². The summed E-state index contributed by atoms with van der Waals surface area (Å²) in [4.78, 5) is 30.8. The van der Waals surface area contributed by atoms with E-state index in [1.807, 2.05) is 45.0 Å². The maximum atomic E-state index is 13.2. The normalized spacial score (nSPS) is 13.7. The van der Waals surface area contributed by atoms with Crippen molar-refractivity contribution in [2.45, 2.75) is 60.2 Å². The van der Waals surface area contributed by atoms with E-state index in [0.29, 0.717) is 41.5 Å². The molecule has 0 bridgehead atoms. The van der Waals surface area contributed by atoms with Gasteiger partial charge in [0.05, 0.1) is 22.0 Å². The van der Waals surface area contributed by atoms with Gasteiger partial charge in [0.1, 0.15) is 0 Å². The molecule has 160 valence electrons. The molecule has 0 fully saturated rings. The van der Waals surface area contributed by atoms with Gasteiger partial charge in [0, 0.05) is 36.8 Å². The molecule has 30 heavy (non-hydrogen) atoms. The number of aromatic nitrogens is 2. The van der Waals surface area contributed by atoms with Crippen LogP contribution in [0.4, 0.5) is 0 Å². The Bertz CT molecular complexity index is 1130. The maximum Gasteiger partial charge on any atom is 0.260 e. The van der Waals surface area contributed by atoms with Gasteiger partial charge in [-0.25, -0.2) is 4.98 Å². The van der Waals surface area contributed by atoms with Crippen molar-refractivity contribution >= 4 is 27.7 Å². The highest BCUT2D eigenvalue weighted by Gasteiger charge is 2.19. The number of amides is 1. The molecule has 0 spiro atoms. The molecule has 2 aromatic heterocycles. The summed E-state index contributed by atoms with van der Waals surface area (Å²) in [6.07, 6.45) is 1.63. The maximum absolute atomic E-state index is 13.2. The summed E-state index contributed by atoms with van der Waals surface area (Å²) in [6, 6.07) is 8.04. The lowest BCUT2D eigenvalue weighted by atomic mass is 10.1. The number of rotatable bonds is 7. The lowest BCUT2D eigenvalue weighted by molar-refractivity contribution is 0.0939. The third kappa shape index (κ3) is 4.38. The van der Waals surface area contributed by atoms with Crippen LogP contribution in [0.3, 0.4) is 0 Å². The van der Waals surface area contributed by atoms with Gasteiger partial charge in [-0.3, -0.25) is 9.59 Å². The van der Waals surface area contributed by atoms with Crippen molar-refractivity contribution in [3.8, 4) is 0 Å². The van der Waals surface area contributed by atoms with Crippen molar-refractivity contribution in [1.82, 2.24) is 20.2 Å². The summed E-state index contributed by atoms with van der Waals surface area (Å²) in [5, 5.41) is 7.89. The SMILES string of the molecule is CCn1cc(C(=O)NC(C)CNC(C)C(C)C)c2nc3c(C)cccc3cc2c1=O. The Balaban J connectivity index is 2.01. The molecule has 0 radical (unpaired) electrons. The van der Waals surface area contributed by atoms with E-state index in [4.69, 9.17) is 4.98 Å². The molecule has 6 nitrogen and oxygen atoms in total. The number of pyridine rings is 2. The number of nitrogens with zero attached hydrogens (tertiary/aromatic N) is 2. The third-order valence-electron chi connectivity index (χ3n) is 5.79. The van der Waals surface area contributed by atoms with Gasteiger partial charge in [0.25, 0.3) is 11.5 Å². The first kappa shape index (κ1) is 22.0. The zero-order valence-electron chi connectivity index (χ0n) is 18.7. The molecule has 0 saturated heterocycles. The molecule has 6 heteroatoms.